The summed E-state index contributed by atoms with van der Waals surface area (Å²) in [5.41, 5.74) is 6.78. The molecular weight excluding hydrogens is 164 g/mol. The summed E-state index contributed by atoms with van der Waals surface area (Å²) in [6.07, 6.45) is 4.17. The quantitative estimate of drug-likeness (QED) is 0.688. The van der Waals surface area contributed by atoms with Gasteiger partial charge in [-0.3, -0.25) is 4.68 Å². The molecule has 72 valence electrons. The molecule has 0 amide bonds. The second-order valence-electron chi connectivity index (χ2n) is 3.79. The van der Waals surface area contributed by atoms with Crippen LogP contribution >= 0.6 is 0 Å². The number of rotatable bonds is 3. The minimum absolute atomic E-state index is 0.418. The molecular formula is C9H16N4. The minimum atomic E-state index is 0.418. The van der Waals surface area contributed by atoms with Gasteiger partial charge in [0, 0.05) is 31.9 Å². The third-order valence-corrected chi connectivity index (χ3v) is 2.52. The molecule has 1 aromatic heterocycles. The Kier molecular flexibility index (Phi) is 2.33. The lowest BCUT2D eigenvalue weighted by Gasteiger charge is -2.32. The van der Waals surface area contributed by atoms with E-state index >= 15 is 0 Å². The number of hydrogen-bond acceptors (Lipinski definition) is 3. The first-order valence-electron chi connectivity index (χ1n) is 4.71. The van der Waals surface area contributed by atoms with Gasteiger partial charge in [0.2, 0.25) is 0 Å². The van der Waals surface area contributed by atoms with Gasteiger partial charge >= 0.3 is 0 Å². The first kappa shape index (κ1) is 8.72. The lowest BCUT2D eigenvalue weighted by molar-refractivity contribution is 0.289. The van der Waals surface area contributed by atoms with Crippen molar-refractivity contribution in [3.8, 4) is 0 Å². The summed E-state index contributed by atoms with van der Waals surface area (Å²) in [6.45, 7) is 0.859. The summed E-state index contributed by atoms with van der Waals surface area (Å²) in [4.78, 5) is 0. The van der Waals surface area contributed by atoms with Crippen molar-refractivity contribution in [1.29, 1.82) is 0 Å². The van der Waals surface area contributed by atoms with E-state index in [9.17, 15) is 0 Å². The average Bonchev–Trinajstić information content (AvgIpc) is 2.43. The molecule has 1 heterocycles. The van der Waals surface area contributed by atoms with Gasteiger partial charge in [-0.1, -0.05) is 0 Å². The molecule has 1 fully saturated rings. The normalized spacial score (nSPS) is 27.2. The van der Waals surface area contributed by atoms with Crippen LogP contribution in [0.2, 0.25) is 0 Å². The fraction of sp³-hybridized carbons (Fsp3) is 0.667. The Morgan fingerprint density at radius 1 is 1.69 bits per heavy atom. The largest absolute Gasteiger partial charge is 0.328 e. The van der Waals surface area contributed by atoms with E-state index in [0.717, 1.165) is 25.1 Å². The van der Waals surface area contributed by atoms with E-state index < -0.39 is 0 Å². The molecule has 0 spiro atoms. The summed E-state index contributed by atoms with van der Waals surface area (Å²) < 4.78 is 1.82. The Balaban J connectivity index is 1.74. The van der Waals surface area contributed by atoms with Crippen LogP contribution in [0.4, 0.5) is 0 Å². The van der Waals surface area contributed by atoms with Crippen LogP contribution in [0.25, 0.3) is 0 Å². The fourth-order valence-corrected chi connectivity index (χ4v) is 1.63. The summed E-state index contributed by atoms with van der Waals surface area (Å²) in [5.74, 6) is 0. The standard InChI is InChI=1S/C9H16N4/c1-13-3-2-8(12-13)6-11-9-4-7(10)5-9/h2-3,7,9,11H,4-6,10H2,1H3. The molecule has 4 nitrogen and oxygen atoms in total. The van der Waals surface area contributed by atoms with E-state index in [1.807, 2.05) is 24.0 Å². The third kappa shape index (κ3) is 2.08. The SMILES string of the molecule is Cn1ccc(CNC2CC(N)C2)n1. The summed E-state index contributed by atoms with van der Waals surface area (Å²) >= 11 is 0. The molecule has 1 saturated carbocycles. The van der Waals surface area contributed by atoms with Gasteiger partial charge in [-0.25, -0.2) is 0 Å². The zero-order valence-corrected chi connectivity index (χ0v) is 7.90. The van der Waals surface area contributed by atoms with Crippen molar-refractivity contribution < 1.29 is 0 Å². The highest BCUT2D eigenvalue weighted by Crippen LogP contribution is 2.17. The summed E-state index contributed by atoms with van der Waals surface area (Å²) in [5, 5.41) is 7.71. The van der Waals surface area contributed by atoms with Crippen molar-refractivity contribution in [2.75, 3.05) is 0 Å². The van der Waals surface area contributed by atoms with Crippen LogP contribution in [0.3, 0.4) is 0 Å². The third-order valence-electron chi connectivity index (χ3n) is 2.52. The Labute approximate surface area is 78.1 Å². The monoisotopic (exact) mass is 180 g/mol. The van der Waals surface area contributed by atoms with E-state index in [0.29, 0.717) is 12.1 Å². The van der Waals surface area contributed by atoms with Gasteiger partial charge in [0.15, 0.2) is 0 Å². The molecule has 0 aliphatic heterocycles. The second kappa shape index (κ2) is 3.47. The van der Waals surface area contributed by atoms with Crippen LogP contribution in [-0.4, -0.2) is 21.9 Å². The van der Waals surface area contributed by atoms with E-state index in [2.05, 4.69) is 10.4 Å². The van der Waals surface area contributed by atoms with Gasteiger partial charge < -0.3 is 11.1 Å². The van der Waals surface area contributed by atoms with Crippen molar-refractivity contribution in [3.05, 3.63) is 18.0 Å². The van der Waals surface area contributed by atoms with Gasteiger partial charge in [0.05, 0.1) is 5.69 Å². The molecule has 0 saturated heterocycles. The van der Waals surface area contributed by atoms with Crippen LogP contribution in [0, 0.1) is 0 Å². The number of nitrogens with one attached hydrogen (secondary N) is 1. The molecule has 0 unspecified atom stereocenters. The lowest BCUT2D eigenvalue weighted by atomic mass is 9.88. The topological polar surface area (TPSA) is 55.9 Å². The molecule has 1 aliphatic rings. The predicted octanol–water partition coefficient (Wildman–Crippen LogP) is -0.000600. The first-order chi connectivity index (χ1) is 6.24. The zero-order valence-electron chi connectivity index (χ0n) is 7.90. The van der Waals surface area contributed by atoms with Crippen LogP contribution in [0.15, 0.2) is 12.3 Å². The highest BCUT2D eigenvalue weighted by Gasteiger charge is 2.24. The molecule has 1 aromatic rings. The molecule has 3 N–H and O–H groups in total. The van der Waals surface area contributed by atoms with E-state index in [1.54, 1.807) is 0 Å². The van der Waals surface area contributed by atoms with Crippen molar-refractivity contribution in [3.63, 3.8) is 0 Å². The highest BCUT2D eigenvalue weighted by atomic mass is 15.3. The van der Waals surface area contributed by atoms with Crippen LogP contribution in [-0.2, 0) is 13.6 Å². The predicted molar refractivity (Wildman–Crippen MR) is 51.0 cm³/mol. The Morgan fingerprint density at radius 3 is 3.00 bits per heavy atom. The number of aromatic nitrogens is 2. The van der Waals surface area contributed by atoms with E-state index in [-0.39, 0.29) is 0 Å². The molecule has 4 heteroatoms. The van der Waals surface area contributed by atoms with Gasteiger partial charge in [-0.2, -0.15) is 5.10 Å². The summed E-state index contributed by atoms with van der Waals surface area (Å²) in [7, 11) is 1.93. The van der Waals surface area contributed by atoms with E-state index in [4.69, 9.17) is 5.73 Å². The van der Waals surface area contributed by atoms with E-state index in [1.165, 1.54) is 0 Å². The summed E-state index contributed by atoms with van der Waals surface area (Å²) in [6, 6.07) is 3.06. The molecule has 0 atom stereocenters. The number of nitrogens with zero attached hydrogens (tertiary/aromatic N) is 2. The zero-order chi connectivity index (χ0) is 9.26. The van der Waals surface area contributed by atoms with Crippen LogP contribution in [0.1, 0.15) is 18.5 Å². The maximum atomic E-state index is 5.68. The Morgan fingerprint density at radius 2 is 2.46 bits per heavy atom. The maximum Gasteiger partial charge on any atom is 0.0762 e. The molecule has 13 heavy (non-hydrogen) atoms. The Bertz CT molecular complexity index is 275. The van der Waals surface area contributed by atoms with Crippen molar-refractivity contribution in [2.24, 2.45) is 12.8 Å². The number of nitrogens with two attached hydrogens (primary N) is 1. The van der Waals surface area contributed by atoms with Gasteiger partial charge in [0.1, 0.15) is 0 Å². The maximum absolute atomic E-state index is 5.68. The first-order valence-corrected chi connectivity index (χ1v) is 4.71. The van der Waals surface area contributed by atoms with Crippen LogP contribution in [0.5, 0.6) is 0 Å². The Hall–Kier alpha value is -0.870. The van der Waals surface area contributed by atoms with Gasteiger partial charge in [-0.15, -0.1) is 0 Å². The molecule has 2 rings (SSSR count). The number of aryl methyl sites for hydroxylation is 1. The van der Waals surface area contributed by atoms with Crippen molar-refractivity contribution in [2.45, 2.75) is 31.5 Å². The number of hydrogen-bond donors (Lipinski definition) is 2. The van der Waals surface area contributed by atoms with Crippen molar-refractivity contribution in [1.82, 2.24) is 15.1 Å². The molecule has 1 aliphatic carbocycles. The average molecular weight is 180 g/mol. The fourth-order valence-electron chi connectivity index (χ4n) is 1.63. The van der Waals surface area contributed by atoms with Gasteiger partial charge in [0.25, 0.3) is 0 Å². The molecule has 0 bridgehead atoms. The second-order valence-corrected chi connectivity index (χ2v) is 3.79. The minimum Gasteiger partial charge on any atom is -0.328 e. The van der Waals surface area contributed by atoms with Crippen LogP contribution < -0.4 is 11.1 Å². The smallest absolute Gasteiger partial charge is 0.0762 e. The molecule has 0 aromatic carbocycles. The highest BCUT2D eigenvalue weighted by molar-refractivity contribution is 4.99. The lowest BCUT2D eigenvalue weighted by Crippen LogP contribution is -2.48. The van der Waals surface area contributed by atoms with Crippen molar-refractivity contribution >= 4 is 0 Å². The van der Waals surface area contributed by atoms with Gasteiger partial charge in [-0.05, 0) is 18.9 Å². The molecule has 0 radical (unpaired) electrons.